The highest BCUT2D eigenvalue weighted by atomic mass is 14.2. The van der Waals surface area contributed by atoms with E-state index in [1.165, 1.54) is 25.7 Å². The van der Waals surface area contributed by atoms with Crippen LogP contribution in [0.2, 0.25) is 0 Å². The van der Waals surface area contributed by atoms with Crippen molar-refractivity contribution in [1.29, 1.82) is 0 Å². The summed E-state index contributed by atoms with van der Waals surface area (Å²) in [6, 6.07) is 0. The highest BCUT2D eigenvalue weighted by Crippen LogP contribution is 2.29. The van der Waals surface area contributed by atoms with Gasteiger partial charge in [0.25, 0.3) is 0 Å². The zero-order valence-electron chi connectivity index (χ0n) is 6.48. The van der Waals surface area contributed by atoms with Crippen molar-refractivity contribution in [2.75, 3.05) is 0 Å². The molecule has 0 N–H and O–H groups in total. The summed E-state index contributed by atoms with van der Waals surface area (Å²) in [7, 11) is 0. The van der Waals surface area contributed by atoms with Crippen molar-refractivity contribution >= 4 is 0 Å². The topological polar surface area (TPSA) is 0 Å². The number of rotatable bonds is 1. The van der Waals surface area contributed by atoms with Crippen molar-refractivity contribution in [3.8, 4) is 0 Å². The van der Waals surface area contributed by atoms with E-state index in [0.29, 0.717) is 0 Å². The molecule has 0 aliphatic heterocycles. The molecule has 0 nitrogen and oxygen atoms in total. The van der Waals surface area contributed by atoms with Gasteiger partial charge < -0.3 is 0 Å². The molecule has 1 fully saturated rings. The first-order valence-electron chi connectivity index (χ1n) is 4.00. The van der Waals surface area contributed by atoms with Crippen LogP contribution < -0.4 is 0 Å². The van der Waals surface area contributed by atoms with Gasteiger partial charge in [-0.2, -0.15) is 0 Å². The van der Waals surface area contributed by atoms with Crippen LogP contribution in [0.5, 0.6) is 0 Å². The molecule has 0 heteroatoms. The lowest BCUT2D eigenvalue weighted by molar-refractivity contribution is 0.620. The Hall–Kier alpha value is -0.260. The SMILES string of the molecule is CC/C=C1\CCC(C)C1. The van der Waals surface area contributed by atoms with Crippen molar-refractivity contribution in [1.82, 2.24) is 0 Å². The molecule has 0 bridgehead atoms. The molecule has 0 aromatic rings. The van der Waals surface area contributed by atoms with Gasteiger partial charge in [0.05, 0.1) is 0 Å². The van der Waals surface area contributed by atoms with E-state index in [2.05, 4.69) is 19.9 Å². The van der Waals surface area contributed by atoms with E-state index in [9.17, 15) is 0 Å². The van der Waals surface area contributed by atoms with Crippen molar-refractivity contribution in [2.24, 2.45) is 5.92 Å². The molecule has 52 valence electrons. The molecule has 1 saturated carbocycles. The second-order valence-corrected chi connectivity index (χ2v) is 3.12. The van der Waals surface area contributed by atoms with Gasteiger partial charge in [0.15, 0.2) is 0 Å². The molecule has 0 aromatic carbocycles. The lowest BCUT2D eigenvalue weighted by Gasteiger charge is -1.94. The normalized spacial score (nSPS) is 31.8. The predicted octanol–water partition coefficient (Wildman–Crippen LogP) is 3.14. The fraction of sp³-hybridized carbons (Fsp3) is 0.778. The number of hydrogen-bond donors (Lipinski definition) is 0. The molecule has 1 rings (SSSR count). The molecule has 9 heavy (non-hydrogen) atoms. The van der Waals surface area contributed by atoms with Gasteiger partial charge in [-0.05, 0) is 31.6 Å². The summed E-state index contributed by atoms with van der Waals surface area (Å²) in [4.78, 5) is 0. The first-order valence-corrected chi connectivity index (χ1v) is 4.00. The Balaban J connectivity index is 2.38. The van der Waals surface area contributed by atoms with Gasteiger partial charge in [-0.15, -0.1) is 0 Å². The van der Waals surface area contributed by atoms with Crippen molar-refractivity contribution in [2.45, 2.75) is 39.5 Å². The van der Waals surface area contributed by atoms with E-state index < -0.39 is 0 Å². The van der Waals surface area contributed by atoms with E-state index >= 15 is 0 Å². The third kappa shape index (κ3) is 1.85. The third-order valence-corrected chi connectivity index (χ3v) is 2.06. The van der Waals surface area contributed by atoms with Crippen molar-refractivity contribution < 1.29 is 0 Å². The molecule has 1 atom stereocenters. The highest BCUT2D eigenvalue weighted by Gasteiger charge is 2.13. The molecule has 1 aliphatic carbocycles. The van der Waals surface area contributed by atoms with Crippen molar-refractivity contribution in [3.63, 3.8) is 0 Å². The van der Waals surface area contributed by atoms with Crippen LogP contribution in [-0.4, -0.2) is 0 Å². The largest absolute Gasteiger partial charge is 0.0856 e. The van der Waals surface area contributed by atoms with E-state index in [1.54, 1.807) is 5.57 Å². The molecule has 0 heterocycles. The van der Waals surface area contributed by atoms with Gasteiger partial charge in [0, 0.05) is 0 Å². The predicted molar refractivity (Wildman–Crippen MR) is 41.4 cm³/mol. The van der Waals surface area contributed by atoms with Gasteiger partial charge >= 0.3 is 0 Å². The molecule has 0 amide bonds. The van der Waals surface area contributed by atoms with Gasteiger partial charge in [0.1, 0.15) is 0 Å². The molecule has 0 spiro atoms. The van der Waals surface area contributed by atoms with Crippen LogP contribution in [0.1, 0.15) is 39.5 Å². The first-order chi connectivity index (χ1) is 4.33. The summed E-state index contributed by atoms with van der Waals surface area (Å²) < 4.78 is 0. The van der Waals surface area contributed by atoms with E-state index in [-0.39, 0.29) is 0 Å². The highest BCUT2D eigenvalue weighted by molar-refractivity contribution is 5.06. The fourth-order valence-corrected chi connectivity index (χ4v) is 1.56. The summed E-state index contributed by atoms with van der Waals surface area (Å²) in [5.74, 6) is 0.961. The second-order valence-electron chi connectivity index (χ2n) is 3.12. The molecule has 0 saturated heterocycles. The quantitative estimate of drug-likeness (QED) is 0.471. The Bertz CT molecular complexity index is 111. The van der Waals surface area contributed by atoms with Gasteiger partial charge in [-0.3, -0.25) is 0 Å². The molecule has 1 unspecified atom stereocenters. The van der Waals surface area contributed by atoms with Crippen LogP contribution in [0.15, 0.2) is 11.6 Å². The van der Waals surface area contributed by atoms with Crippen LogP contribution in [-0.2, 0) is 0 Å². The second kappa shape index (κ2) is 3.05. The Labute approximate surface area is 58.0 Å². The Morgan fingerprint density at radius 2 is 2.44 bits per heavy atom. The maximum Gasteiger partial charge on any atom is -0.0294 e. The summed E-state index contributed by atoms with van der Waals surface area (Å²) in [6.45, 7) is 4.56. The Morgan fingerprint density at radius 1 is 1.67 bits per heavy atom. The van der Waals surface area contributed by atoms with Crippen LogP contribution in [0.4, 0.5) is 0 Å². The number of hydrogen-bond acceptors (Lipinski definition) is 0. The summed E-state index contributed by atoms with van der Waals surface area (Å²) in [6.07, 6.45) is 7.78. The smallest absolute Gasteiger partial charge is 0.0294 e. The van der Waals surface area contributed by atoms with Crippen LogP contribution in [0.25, 0.3) is 0 Å². The minimum atomic E-state index is 0.961. The van der Waals surface area contributed by atoms with Gasteiger partial charge in [-0.25, -0.2) is 0 Å². The number of allylic oxidation sites excluding steroid dienone is 2. The lowest BCUT2D eigenvalue weighted by atomic mass is 10.1. The van der Waals surface area contributed by atoms with Crippen molar-refractivity contribution in [3.05, 3.63) is 11.6 Å². The molecule has 1 aliphatic rings. The van der Waals surface area contributed by atoms with E-state index in [1.807, 2.05) is 0 Å². The lowest BCUT2D eigenvalue weighted by Crippen LogP contribution is -1.80. The summed E-state index contributed by atoms with van der Waals surface area (Å²) in [5.41, 5.74) is 1.70. The zero-order chi connectivity index (χ0) is 6.69. The first kappa shape index (κ1) is 6.85. The fourth-order valence-electron chi connectivity index (χ4n) is 1.56. The van der Waals surface area contributed by atoms with Gasteiger partial charge in [-0.1, -0.05) is 25.5 Å². The average Bonchev–Trinajstić information content (AvgIpc) is 2.17. The standard InChI is InChI=1S/C9H16/c1-3-4-9-6-5-8(2)7-9/h4,8H,3,5-7H2,1-2H3/b9-4+. The van der Waals surface area contributed by atoms with Crippen LogP contribution in [0.3, 0.4) is 0 Å². The maximum absolute atomic E-state index is 2.39. The van der Waals surface area contributed by atoms with Crippen LogP contribution >= 0.6 is 0 Å². The Morgan fingerprint density at radius 3 is 2.89 bits per heavy atom. The minimum absolute atomic E-state index is 0.961. The third-order valence-electron chi connectivity index (χ3n) is 2.06. The zero-order valence-corrected chi connectivity index (χ0v) is 6.48. The summed E-state index contributed by atoms with van der Waals surface area (Å²) in [5, 5.41) is 0. The Kier molecular flexibility index (Phi) is 2.32. The summed E-state index contributed by atoms with van der Waals surface area (Å²) >= 11 is 0. The molecular formula is C9H16. The minimum Gasteiger partial charge on any atom is -0.0856 e. The molecule has 0 aromatic heterocycles. The van der Waals surface area contributed by atoms with Gasteiger partial charge in [0.2, 0.25) is 0 Å². The average molecular weight is 124 g/mol. The van der Waals surface area contributed by atoms with E-state index in [4.69, 9.17) is 0 Å². The van der Waals surface area contributed by atoms with E-state index in [0.717, 1.165) is 5.92 Å². The van der Waals surface area contributed by atoms with Crippen LogP contribution in [0, 0.1) is 5.92 Å². The molecular weight excluding hydrogens is 108 g/mol. The maximum atomic E-state index is 2.39. The monoisotopic (exact) mass is 124 g/mol. The molecule has 0 radical (unpaired) electrons.